The molecule has 4 nitrogen and oxygen atoms in total. The fourth-order valence-electron chi connectivity index (χ4n) is 1.91. The highest BCUT2D eigenvalue weighted by Gasteiger charge is 2.58. The Morgan fingerprint density at radius 2 is 1.71 bits per heavy atom. The van der Waals surface area contributed by atoms with E-state index in [0.29, 0.717) is 5.02 Å². The number of hydrogen-bond donors (Lipinski definition) is 1. The molecule has 0 aliphatic carbocycles. The highest BCUT2D eigenvalue weighted by Crippen LogP contribution is 2.66. The lowest BCUT2D eigenvalue weighted by atomic mass is 10.00. The first-order chi connectivity index (χ1) is 9.82. The molecule has 0 spiro atoms. The number of alkyl halides is 2. The van der Waals surface area contributed by atoms with Crippen molar-refractivity contribution in [2.75, 3.05) is 19.8 Å². The molecular weight excluding hydrogens is 323 g/mol. The molecule has 0 unspecified atom stereocenters. The predicted molar refractivity (Wildman–Crippen MR) is 79.1 cm³/mol. The van der Waals surface area contributed by atoms with Gasteiger partial charge in [-0.05, 0) is 31.5 Å². The molecule has 0 saturated carbocycles. The molecule has 1 atom stereocenters. The molecule has 0 heterocycles. The second kappa shape index (κ2) is 7.65. The Morgan fingerprint density at radius 1 is 1.24 bits per heavy atom. The summed E-state index contributed by atoms with van der Waals surface area (Å²) in [7, 11) is -4.62. The Balaban J connectivity index is 3.21. The van der Waals surface area contributed by atoms with Crippen LogP contribution in [0.1, 0.15) is 25.3 Å². The molecule has 21 heavy (non-hydrogen) atoms. The van der Waals surface area contributed by atoms with Crippen LogP contribution in [0.2, 0.25) is 5.02 Å². The number of hydrogen-bond acceptors (Lipinski definition) is 4. The van der Waals surface area contributed by atoms with Crippen LogP contribution in [0.3, 0.4) is 0 Å². The smallest absolute Gasteiger partial charge is 0.330 e. The quantitative estimate of drug-likeness (QED) is 0.718. The lowest BCUT2D eigenvalue weighted by Crippen LogP contribution is -2.33. The van der Waals surface area contributed by atoms with Crippen LogP contribution in [0, 0.1) is 0 Å². The highest BCUT2D eigenvalue weighted by atomic mass is 35.5. The number of nitrogens with two attached hydrogens (primary N) is 1. The highest BCUT2D eigenvalue weighted by molar-refractivity contribution is 7.55. The fraction of sp³-hybridized carbons (Fsp3) is 0.538. The van der Waals surface area contributed by atoms with Gasteiger partial charge < -0.3 is 14.8 Å². The van der Waals surface area contributed by atoms with Crippen LogP contribution in [-0.4, -0.2) is 25.4 Å². The Morgan fingerprint density at radius 3 is 2.10 bits per heavy atom. The number of benzene rings is 1. The van der Waals surface area contributed by atoms with Crippen molar-refractivity contribution in [2.24, 2.45) is 5.73 Å². The van der Waals surface area contributed by atoms with Crippen LogP contribution < -0.4 is 5.73 Å². The summed E-state index contributed by atoms with van der Waals surface area (Å²) in [6, 6.07) is 5.80. The second-order valence-electron chi connectivity index (χ2n) is 4.26. The van der Waals surface area contributed by atoms with Gasteiger partial charge in [-0.2, -0.15) is 8.78 Å². The van der Waals surface area contributed by atoms with Crippen molar-refractivity contribution in [2.45, 2.75) is 25.4 Å². The fourth-order valence-corrected chi connectivity index (χ4v) is 3.77. The summed E-state index contributed by atoms with van der Waals surface area (Å²) in [5.41, 5.74) is 1.97. The van der Waals surface area contributed by atoms with Gasteiger partial charge in [-0.15, -0.1) is 0 Å². The van der Waals surface area contributed by atoms with E-state index in [1.165, 1.54) is 38.1 Å². The molecule has 2 N–H and O–H groups in total. The first-order valence-corrected chi connectivity index (χ1v) is 8.47. The van der Waals surface area contributed by atoms with Gasteiger partial charge in [0.1, 0.15) is 0 Å². The third kappa shape index (κ3) is 4.02. The summed E-state index contributed by atoms with van der Waals surface area (Å²) in [6.07, 6.45) is 0. The van der Waals surface area contributed by atoms with Crippen molar-refractivity contribution in [3.05, 3.63) is 34.9 Å². The zero-order valence-corrected chi connectivity index (χ0v) is 13.5. The average Bonchev–Trinajstić information content (AvgIpc) is 2.42. The zero-order valence-electron chi connectivity index (χ0n) is 11.9. The van der Waals surface area contributed by atoms with Crippen molar-refractivity contribution in [1.82, 2.24) is 0 Å². The molecule has 0 saturated heterocycles. The van der Waals surface area contributed by atoms with Crippen LogP contribution in [0.5, 0.6) is 0 Å². The van der Waals surface area contributed by atoms with Gasteiger partial charge in [0.15, 0.2) is 0 Å². The van der Waals surface area contributed by atoms with E-state index in [1.807, 2.05) is 0 Å². The molecule has 8 heteroatoms. The minimum Gasteiger partial charge on any atom is -0.330 e. The Kier molecular flexibility index (Phi) is 6.75. The van der Waals surface area contributed by atoms with E-state index in [-0.39, 0.29) is 18.8 Å². The van der Waals surface area contributed by atoms with Crippen LogP contribution >= 0.6 is 19.2 Å². The maximum Gasteiger partial charge on any atom is 0.400 e. The number of rotatable bonds is 8. The van der Waals surface area contributed by atoms with Crippen LogP contribution in [0.25, 0.3) is 0 Å². The van der Waals surface area contributed by atoms with Gasteiger partial charge in [0.2, 0.25) is 0 Å². The molecular formula is C13H19ClF2NO3P. The van der Waals surface area contributed by atoms with Gasteiger partial charge in [0.05, 0.1) is 19.1 Å². The topological polar surface area (TPSA) is 61.5 Å². The molecule has 0 aliphatic heterocycles. The summed E-state index contributed by atoms with van der Waals surface area (Å²) in [4.78, 5) is 0. The van der Waals surface area contributed by atoms with Crippen molar-refractivity contribution in [3.63, 3.8) is 0 Å². The Hall–Kier alpha value is -0.520. The standard InChI is InChI=1S/C13H19ClF2NO3P/c1-3-19-21(18,20-4-2)13(15,16)12(9-17)10-5-7-11(14)8-6-10/h5-8,12H,3-4,9,17H2,1-2H3/t12-/m1/s1. The molecule has 120 valence electrons. The zero-order chi connectivity index (χ0) is 16.1. The van der Waals surface area contributed by atoms with Crippen molar-refractivity contribution >= 4 is 19.2 Å². The van der Waals surface area contributed by atoms with Crippen LogP contribution in [0.4, 0.5) is 8.78 Å². The average molecular weight is 342 g/mol. The van der Waals surface area contributed by atoms with Crippen LogP contribution in [-0.2, 0) is 13.6 Å². The molecule has 0 radical (unpaired) electrons. The molecule has 0 bridgehead atoms. The Labute approximate surface area is 128 Å². The third-order valence-corrected chi connectivity index (χ3v) is 5.38. The maximum absolute atomic E-state index is 14.7. The summed E-state index contributed by atoms with van der Waals surface area (Å²) < 4.78 is 51.3. The van der Waals surface area contributed by atoms with Crippen molar-refractivity contribution < 1.29 is 22.4 Å². The van der Waals surface area contributed by atoms with E-state index < -0.39 is 25.7 Å². The molecule has 1 aromatic carbocycles. The minimum atomic E-state index is -4.62. The summed E-state index contributed by atoms with van der Waals surface area (Å²) in [5.74, 6) is -1.49. The largest absolute Gasteiger partial charge is 0.400 e. The molecule has 1 aromatic rings. The van der Waals surface area contributed by atoms with Crippen molar-refractivity contribution in [1.29, 1.82) is 0 Å². The first-order valence-electron chi connectivity index (χ1n) is 6.55. The molecule has 0 aliphatic rings. The summed E-state index contributed by atoms with van der Waals surface area (Å²) in [6.45, 7) is 2.25. The van der Waals surface area contributed by atoms with E-state index in [1.54, 1.807) is 0 Å². The predicted octanol–water partition coefficient (Wildman–Crippen LogP) is 4.24. The molecule has 0 amide bonds. The SMILES string of the molecule is CCOP(=O)(OCC)C(F)(F)[C@H](CN)c1ccc(Cl)cc1. The first kappa shape index (κ1) is 18.5. The molecule has 0 fully saturated rings. The van der Waals surface area contributed by atoms with E-state index in [4.69, 9.17) is 26.4 Å². The van der Waals surface area contributed by atoms with E-state index in [9.17, 15) is 13.3 Å². The van der Waals surface area contributed by atoms with E-state index in [2.05, 4.69) is 0 Å². The second-order valence-corrected chi connectivity index (χ2v) is 6.80. The summed E-state index contributed by atoms with van der Waals surface area (Å²) >= 11 is 5.74. The van der Waals surface area contributed by atoms with E-state index in [0.717, 1.165) is 0 Å². The third-order valence-electron chi connectivity index (χ3n) is 2.89. The van der Waals surface area contributed by atoms with E-state index >= 15 is 0 Å². The van der Waals surface area contributed by atoms with Gasteiger partial charge in [-0.3, -0.25) is 4.57 Å². The summed E-state index contributed by atoms with van der Waals surface area (Å²) in [5, 5.41) is 0.413. The lowest BCUT2D eigenvalue weighted by Gasteiger charge is -2.31. The molecule has 1 rings (SSSR count). The maximum atomic E-state index is 14.7. The van der Waals surface area contributed by atoms with Crippen LogP contribution in [0.15, 0.2) is 24.3 Å². The number of halogens is 3. The molecule has 0 aromatic heterocycles. The monoisotopic (exact) mass is 341 g/mol. The Bertz CT molecular complexity index is 489. The minimum absolute atomic E-state index is 0.148. The van der Waals surface area contributed by atoms with Gasteiger partial charge in [0, 0.05) is 11.6 Å². The van der Waals surface area contributed by atoms with Gasteiger partial charge in [-0.25, -0.2) is 0 Å². The van der Waals surface area contributed by atoms with Gasteiger partial charge in [-0.1, -0.05) is 23.7 Å². The van der Waals surface area contributed by atoms with Crippen molar-refractivity contribution in [3.8, 4) is 0 Å². The van der Waals surface area contributed by atoms with Gasteiger partial charge in [0.25, 0.3) is 0 Å². The van der Waals surface area contributed by atoms with Gasteiger partial charge >= 0.3 is 13.3 Å². The normalized spacial score (nSPS) is 14.2. The lowest BCUT2D eigenvalue weighted by molar-refractivity contribution is 0.0168.